The maximum absolute atomic E-state index is 12.2. The van der Waals surface area contributed by atoms with Crippen molar-refractivity contribution in [2.45, 2.75) is 0 Å². The molecule has 0 saturated carbocycles. The topological polar surface area (TPSA) is 75.2 Å². The van der Waals surface area contributed by atoms with Gasteiger partial charge in [-0.15, -0.1) is 22.7 Å². The summed E-state index contributed by atoms with van der Waals surface area (Å²) in [7, 11) is 1.49. The number of aromatic hydroxyl groups is 1. The molecule has 0 spiro atoms. The zero-order chi connectivity index (χ0) is 18.1. The molecule has 0 unspecified atom stereocenters. The highest BCUT2D eigenvalue weighted by atomic mass is 32.1. The summed E-state index contributed by atoms with van der Waals surface area (Å²) < 4.78 is 7.53. The molecular weight excluding hydrogens is 368 g/mol. The van der Waals surface area contributed by atoms with Gasteiger partial charge in [-0.1, -0.05) is 18.2 Å². The van der Waals surface area contributed by atoms with Crippen LogP contribution in [0.1, 0.15) is 10.6 Å². The lowest BCUT2D eigenvalue weighted by Gasteiger charge is -2.03. The van der Waals surface area contributed by atoms with Gasteiger partial charge in [-0.3, -0.25) is 4.79 Å². The number of methoxy groups -OCH3 is 1. The molecule has 7 heteroatoms. The van der Waals surface area contributed by atoms with E-state index < -0.39 is 0 Å². The van der Waals surface area contributed by atoms with Gasteiger partial charge >= 0.3 is 0 Å². The quantitative estimate of drug-likeness (QED) is 0.571. The highest BCUT2D eigenvalue weighted by Crippen LogP contribution is 2.26. The molecule has 5 nitrogen and oxygen atoms in total. The molecule has 0 fully saturated rings. The number of phenols is 1. The zero-order valence-corrected chi connectivity index (χ0v) is 15.4. The molecule has 2 N–H and O–H groups in total. The van der Waals surface area contributed by atoms with Gasteiger partial charge in [0.2, 0.25) is 0 Å². The van der Waals surface area contributed by atoms with Crippen molar-refractivity contribution in [1.82, 2.24) is 9.97 Å². The normalized spacial score (nSPS) is 12.8. The number of para-hydroxylation sites is 1. The molecule has 0 atom stereocenters. The van der Waals surface area contributed by atoms with Crippen molar-refractivity contribution in [3.05, 3.63) is 72.6 Å². The average molecular weight is 382 g/mol. The van der Waals surface area contributed by atoms with Crippen LogP contribution in [0.15, 0.2) is 47.3 Å². The Morgan fingerprint density at radius 2 is 2.00 bits per heavy atom. The van der Waals surface area contributed by atoms with Crippen molar-refractivity contribution < 1.29 is 9.84 Å². The molecule has 4 aromatic rings. The SMILES string of the molecule is COc1cc(/C=c2\s/c(=C/c3nc4ccccc4s3)[nH]c2=O)ccc1O. The fraction of sp³-hybridized carbons (Fsp3) is 0.0526. The van der Waals surface area contributed by atoms with Crippen LogP contribution >= 0.6 is 22.7 Å². The molecule has 0 aliphatic carbocycles. The summed E-state index contributed by atoms with van der Waals surface area (Å²) in [5.41, 5.74) is 1.57. The summed E-state index contributed by atoms with van der Waals surface area (Å²) in [6.07, 6.45) is 3.65. The third-order valence-electron chi connectivity index (χ3n) is 3.75. The van der Waals surface area contributed by atoms with Gasteiger partial charge in [0.15, 0.2) is 11.5 Å². The van der Waals surface area contributed by atoms with E-state index in [-0.39, 0.29) is 11.3 Å². The predicted molar refractivity (Wildman–Crippen MR) is 106 cm³/mol. The minimum absolute atomic E-state index is 0.0644. The molecular formula is C19H14N2O3S2. The van der Waals surface area contributed by atoms with Gasteiger partial charge in [0.1, 0.15) is 5.01 Å². The fourth-order valence-electron chi connectivity index (χ4n) is 2.52. The molecule has 2 aromatic heterocycles. The number of ether oxygens (including phenoxy) is 1. The molecule has 0 bridgehead atoms. The van der Waals surface area contributed by atoms with Crippen molar-refractivity contribution in [2.24, 2.45) is 0 Å². The number of hydrogen-bond acceptors (Lipinski definition) is 6. The molecule has 0 aliphatic rings. The maximum atomic E-state index is 12.2. The fourth-order valence-corrected chi connectivity index (χ4v) is 4.40. The number of hydrogen-bond donors (Lipinski definition) is 2. The third kappa shape index (κ3) is 3.26. The second-order valence-electron chi connectivity index (χ2n) is 5.52. The predicted octanol–water partition coefficient (Wildman–Crippen LogP) is 2.42. The molecule has 0 amide bonds. The summed E-state index contributed by atoms with van der Waals surface area (Å²) in [6, 6.07) is 12.9. The summed E-state index contributed by atoms with van der Waals surface area (Å²) in [5.74, 6) is 0.433. The second-order valence-corrected chi connectivity index (χ2v) is 7.67. The number of benzene rings is 2. The Hall–Kier alpha value is -2.90. The van der Waals surface area contributed by atoms with Gasteiger partial charge in [-0.25, -0.2) is 4.98 Å². The monoisotopic (exact) mass is 382 g/mol. The molecule has 0 aliphatic heterocycles. The Kier molecular flexibility index (Phi) is 4.32. The number of H-pyrrole nitrogens is 1. The standard InChI is InChI=1S/C19H14N2O3S2/c1-24-14-8-11(6-7-13(14)22)9-16-19(23)21-18(26-16)10-17-20-12-4-2-3-5-15(12)25-17/h2-10,22H,1H3,(H,21,23)/b16-9-,18-10+. The van der Waals surface area contributed by atoms with Crippen molar-refractivity contribution in [1.29, 1.82) is 0 Å². The number of phenolic OH excluding ortho intramolecular Hbond substituents is 1. The Morgan fingerprint density at radius 3 is 2.81 bits per heavy atom. The van der Waals surface area contributed by atoms with Crippen LogP contribution in [0, 0.1) is 0 Å². The highest BCUT2D eigenvalue weighted by molar-refractivity contribution is 7.19. The van der Waals surface area contributed by atoms with Crippen LogP contribution in [0.5, 0.6) is 11.5 Å². The molecule has 26 heavy (non-hydrogen) atoms. The lowest BCUT2D eigenvalue weighted by atomic mass is 10.2. The van der Waals surface area contributed by atoms with Crippen molar-refractivity contribution >= 4 is 45.0 Å². The van der Waals surface area contributed by atoms with Crippen molar-refractivity contribution in [3.8, 4) is 11.5 Å². The molecule has 4 rings (SSSR count). The zero-order valence-electron chi connectivity index (χ0n) is 13.7. The van der Waals surface area contributed by atoms with E-state index >= 15 is 0 Å². The molecule has 2 heterocycles. The van der Waals surface area contributed by atoms with Crippen molar-refractivity contribution in [2.75, 3.05) is 7.11 Å². The minimum Gasteiger partial charge on any atom is -0.504 e. The van der Waals surface area contributed by atoms with Gasteiger partial charge in [0.25, 0.3) is 5.56 Å². The van der Waals surface area contributed by atoms with E-state index in [4.69, 9.17) is 4.74 Å². The molecule has 0 radical (unpaired) electrons. The van der Waals surface area contributed by atoms with Crippen molar-refractivity contribution in [3.63, 3.8) is 0 Å². The first kappa shape index (κ1) is 16.6. The summed E-state index contributed by atoms with van der Waals surface area (Å²) in [6.45, 7) is 0. The van der Waals surface area contributed by atoms with E-state index in [9.17, 15) is 9.90 Å². The first-order chi connectivity index (χ1) is 12.6. The molecule has 0 saturated heterocycles. The largest absolute Gasteiger partial charge is 0.504 e. The Labute approximate surface area is 156 Å². The van der Waals surface area contributed by atoms with E-state index in [1.807, 2.05) is 30.3 Å². The Morgan fingerprint density at radius 1 is 1.15 bits per heavy atom. The number of nitrogens with zero attached hydrogens (tertiary/aromatic N) is 1. The summed E-state index contributed by atoms with van der Waals surface area (Å²) in [5, 5.41) is 10.5. The van der Waals surface area contributed by atoms with Crippen LogP contribution in [0.2, 0.25) is 0 Å². The summed E-state index contributed by atoms with van der Waals surface area (Å²) >= 11 is 2.94. The van der Waals surface area contributed by atoms with E-state index in [1.165, 1.54) is 18.4 Å². The van der Waals surface area contributed by atoms with Gasteiger partial charge in [0.05, 0.1) is 26.5 Å². The van der Waals surface area contributed by atoms with Gasteiger partial charge in [-0.05, 0) is 35.9 Å². The minimum atomic E-state index is -0.158. The number of aromatic nitrogens is 2. The van der Waals surface area contributed by atoms with Crippen LogP contribution in [0.4, 0.5) is 0 Å². The van der Waals surface area contributed by atoms with Gasteiger partial charge < -0.3 is 14.8 Å². The van der Waals surface area contributed by atoms with Crippen LogP contribution in [-0.4, -0.2) is 22.2 Å². The van der Waals surface area contributed by atoms with E-state index in [1.54, 1.807) is 35.6 Å². The van der Waals surface area contributed by atoms with Gasteiger partial charge in [-0.2, -0.15) is 0 Å². The first-order valence-corrected chi connectivity index (χ1v) is 9.41. The Balaban J connectivity index is 1.76. The van der Waals surface area contributed by atoms with Crippen LogP contribution < -0.4 is 19.5 Å². The maximum Gasteiger partial charge on any atom is 0.266 e. The van der Waals surface area contributed by atoms with E-state index in [2.05, 4.69) is 9.97 Å². The number of rotatable bonds is 3. The number of aromatic amines is 1. The number of thiazole rings is 2. The summed E-state index contributed by atoms with van der Waals surface area (Å²) in [4.78, 5) is 19.7. The van der Waals surface area contributed by atoms with Crippen LogP contribution in [0.3, 0.4) is 0 Å². The van der Waals surface area contributed by atoms with Crippen LogP contribution in [0.25, 0.3) is 22.4 Å². The lowest BCUT2D eigenvalue weighted by molar-refractivity contribution is 0.373. The first-order valence-electron chi connectivity index (χ1n) is 7.77. The van der Waals surface area contributed by atoms with E-state index in [0.29, 0.717) is 10.3 Å². The molecule has 130 valence electrons. The molecule has 2 aromatic carbocycles. The Bertz CT molecular complexity index is 1230. The number of nitrogens with one attached hydrogen (secondary N) is 1. The van der Waals surface area contributed by atoms with Crippen LogP contribution in [-0.2, 0) is 0 Å². The lowest BCUT2D eigenvalue weighted by Crippen LogP contribution is -2.19. The van der Waals surface area contributed by atoms with Gasteiger partial charge in [0, 0.05) is 6.08 Å². The highest BCUT2D eigenvalue weighted by Gasteiger charge is 2.03. The van der Waals surface area contributed by atoms with E-state index in [0.717, 1.165) is 25.5 Å². The average Bonchev–Trinajstić information content (AvgIpc) is 3.19. The second kappa shape index (κ2) is 6.78. The third-order valence-corrected chi connectivity index (χ3v) is 5.69. The number of fused-ring (bicyclic) bond motifs is 1. The smallest absolute Gasteiger partial charge is 0.266 e.